The van der Waals surface area contributed by atoms with Crippen molar-refractivity contribution in [2.24, 2.45) is 0 Å². The van der Waals surface area contributed by atoms with Crippen LogP contribution in [0.4, 0.5) is 11.9 Å². The molecule has 80 valence electrons. The van der Waals surface area contributed by atoms with Crippen molar-refractivity contribution in [3.8, 4) is 0 Å². The van der Waals surface area contributed by atoms with E-state index >= 15 is 0 Å². The Kier molecular flexibility index (Phi) is 2.86. The lowest BCUT2D eigenvalue weighted by Gasteiger charge is -2.10. The van der Waals surface area contributed by atoms with Crippen LogP contribution in [0.15, 0.2) is 17.5 Å². The fraction of sp³-hybridized carbons (Fsp3) is 0.333. The topological polar surface area (TPSA) is 79.6 Å². The van der Waals surface area contributed by atoms with Gasteiger partial charge in [-0.1, -0.05) is 6.07 Å². The van der Waals surface area contributed by atoms with Gasteiger partial charge in [0.25, 0.3) is 0 Å². The first-order valence-corrected chi connectivity index (χ1v) is 5.59. The van der Waals surface area contributed by atoms with E-state index in [-0.39, 0.29) is 0 Å². The molecule has 0 saturated heterocycles. The summed E-state index contributed by atoms with van der Waals surface area (Å²) in [5.41, 5.74) is 5.42. The Morgan fingerprint density at radius 1 is 1.67 bits per heavy atom. The third-order valence-electron chi connectivity index (χ3n) is 1.97. The number of nitrogens with zero attached hydrogens (tertiary/aromatic N) is 2. The number of H-pyrrole nitrogens is 1. The lowest BCUT2D eigenvalue weighted by Crippen LogP contribution is -2.18. The summed E-state index contributed by atoms with van der Waals surface area (Å²) in [4.78, 5) is 5.33. The van der Waals surface area contributed by atoms with Crippen molar-refractivity contribution < 1.29 is 0 Å². The zero-order valence-electron chi connectivity index (χ0n) is 8.40. The summed E-state index contributed by atoms with van der Waals surface area (Å²) in [5.74, 6) is 0.886. The summed E-state index contributed by atoms with van der Waals surface area (Å²) in [7, 11) is 0. The van der Waals surface area contributed by atoms with Crippen LogP contribution in [-0.4, -0.2) is 21.2 Å². The molecule has 4 N–H and O–H groups in total. The fourth-order valence-electron chi connectivity index (χ4n) is 1.34. The minimum atomic E-state index is 0.291. The predicted molar refractivity (Wildman–Crippen MR) is 61.9 cm³/mol. The first-order valence-electron chi connectivity index (χ1n) is 4.71. The molecule has 0 aliphatic heterocycles. The Labute approximate surface area is 91.7 Å². The number of rotatable bonds is 4. The van der Waals surface area contributed by atoms with Crippen molar-refractivity contribution in [2.45, 2.75) is 19.4 Å². The van der Waals surface area contributed by atoms with Crippen molar-refractivity contribution >= 4 is 23.2 Å². The van der Waals surface area contributed by atoms with Crippen LogP contribution in [0.5, 0.6) is 0 Å². The normalized spacial score (nSPS) is 12.6. The van der Waals surface area contributed by atoms with Crippen LogP contribution < -0.4 is 11.1 Å². The van der Waals surface area contributed by atoms with Gasteiger partial charge in [0.05, 0.1) is 0 Å². The maximum Gasteiger partial charge on any atom is 0.243 e. The van der Waals surface area contributed by atoms with E-state index in [1.807, 2.05) is 0 Å². The van der Waals surface area contributed by atoms with Gasteiger partial charge in [0.2, 0.25) is 11.9 Å². The standard InChI is InChI=1S/C9H13N5S/c1-6(5-7-3-2-4-15-7)11-9-12-8(10)13-14-9/h2-4,6H,5H2,1H3,(H4,10,11,12,13,14). The van der Waals surface area contributed by atoms with Gasteiger partial charge in [-0.15, -0.1) is 16.4 Å². The molecule has 2 rings (SSSR count). The van der Waals surface area contributed by atoms with Crippen LogP contribution >= 0.6 is 11.3 Å². The van der Waals surface area contributed by atoms with E-state index in [9.17, 15) is 0 Å². The molecule has 0 aromatic carbocycles. The minimum Gasteiger partial charge on any atom is -0.368 e. The van der Waals surface area contributed by atoms with Crippen molar-refractivity contribution in [3.63, 3.8) is 0 Å². The molecule has 0 aliphatic rings. The molecule has 1 unspecified atom stereocenters. The Bertz CT molecular complexity index is 408. The van der Waals surface area contributed by atoms with Gasteiger partial charge in [-0.2, -0.15) is 4.98 Å². The second-order valence-electron chi connectivity index (χ2n) is 3.37. The Balaban J connectivity index is 1.90. The van der Waals surface area contributed by atoms with Crippen LogP contribution in [0.2, 0.25) is 0 Å². The Morgan fingerprint density at radius 3 is 3.13 bits per heavy atom. The number of hydrogen-bond donors (Lipinski definition) is 3. The quantitative estimate of drug-likeness (QED) is 0.733. The summed E-state index contributed by atoms with van der Waals surface area (Å²) in [6, 6.07) is 4.46. The molecule has 0 spiro atoms. The van der Waals surface area contributed by atoms with Gasteiger partial charge >= 0.3 is 0 Å². The first kappa shape index (κ1) is 9.97. The molecule has 0 bridgehead atoms. The third kappa shape index (κ3) is 2.69. The smallest absolute Gasteiger partial charge is 0.243 e. The number of nitrogen functional groups attached to an aromatic ring is 1. The fourth-order valence-corrected chi connectivity index (χ4v) is 2.18. The average Bonchev–Trinajstić information content (AvgIpc) is 2.77. The molecule has 0 aliphatic carbocycles. The van der Waals surface area contributed by atoms with Crippen molar-refractivity contribution in [1.29, 1.82) is 0 Å². The monoisotopic (exact) mass is 223 g/mol. The van der Waals surface area contributed by atoms with Gasteiger partial charge in [-0.25, -0.2) is 5.10 Å². The van der Waals surface area contributed by atoms with Crippen LogP contribution in [0, 0.1) is 0 Å². The largest absolute Gasteiger partial charge is 0.368 e. The average molecular weight is 223 g/mol. The highest BCUT2D eigenvalue weighted by atomic mass is 32.1. The molecule has 2 aromatic rings. The summed E-state index contributed by atoms with van der Waals surface area (Å²) >= 11 is 1.75. The number of anilines is 2. The van der Waals surface area contributed by atoms with Crippen LogP contribution in [-0.2, 0) is 6.42 Å². The molecular formula is C9H13N5S. The number of aromatic nitrogens is 3. The van der Waals surface area contributed by atoms with Crippen molar-refractivity contribution in [3.05, 3.63) is 22.4 Å². The SMILES string of the molecule is CC(Cc1cccs1)Nc1n[nH]c(N)n1. The Morgan fingerprint density at radius 2 is 2.53 bits per heavy atom. The van der Waals surface area contributed by atoms with E-state index < -0.39 is 0 Å². The highest BCUT2D eigenvalue weighted by Gasteiger charge is 2.07. The lowest BCUT2D eigenvalue weighted by molar-refractivity contribution is 0.787. The first-order chi connectivity index (χ1) is 7.24. The third-order valence-corrected chi connectivity index (χ3v) is 2.86. The summed E-state index contributed by atoms with van der Waals surface area (Å²) < 4.78 is 0. The van der Waals surface area contributed by atoms with E-state index in [1.165, 1.54) is 4.88 Å². The number of aromatic amines is 1. The highest BCUT2D eigenvalue weighted by molar-refractivity contribution is 7.09. The van der Waals surface area contributed by atoms with Crippen LogP contribution in [0.25, 0.3) is 0 Å². The molecule has 6 heteroatoms. The minimum absolute atomic E-state index is 0.291. The molecule has 15 heavy (non-hydrogen) atoms. The zero-order valence-corrected chi connectivity index (χ0v) is 9.21. The van der Waals surface area contributed by atoms with E-state index in [1.54, 1.807) is 11.3 Å². The summed E-state index contributed by atoms with van der Waals surface area (Å²) in [6.45, 7) is 2.09. The van der Waals surface area contributed by atoms with Crippen molar-refractivity contribution in [1.82, 2.24) is 15.2 Å². The van der Waals surface area contributed by atoms with Crippen molar-refractivity contribution in [2.75, 3.05) is 11.1 Å². The maximum absolute atomic E-state index is 5.42. The number of hydrogen-bond acceptors (Lipinski definition) is 5. The molecule has 0 amide bonds. The van der Waals surface area contributed by atoms with E-state index in [4.69, 9.17) is 5.73 Å². The molecule has 1 atom stereocenters. The molecule has 2 aromatic heterocycles. The van der Waals surface area contributed by atoms with Gasteiger partial charge in [-0.05, 0) is 18.4 Å². The molecule has 2 heterocycles. The second-order valence-corrected chi connectivity index (χ2v) is 4.41. The molecule has 0 saturated carbocycles. The molecule has 0 radical (unpaired) electrons. The number of nitrogens with two attached hydrogens (primary N) is 1. The van der Waals surface area contributed by atoms with Crippen LogP contribution in [0.3, 0.4) is 0 Å². The molecule has 5 nitrogen and oxygen atoms in total. The predicted octanol–water partition coefficient (Wildman–Crippen LogP) is 1.49. The summed E-state index contributed by atoms with van der Waals surface area (Å²) in [6.07, 6.45) is 0.964. The Hall–Kier alpha value is -1.56. The van der Waals surface area contributed by atoms with Gasteiger partial charge in [0.1, 0.15) is 0 Å². The van der Waals surface area contributed by atoms with Gasteiger partial charge in [0, 0.05) is 17.3 Å². The maximum atomic E-state index is 5.42. The molecular weight excluding hydrogens is 210 g/mol. The van der Waals surface area contributed by atoms with Crippen LogP contribution in [0.1, 0.15) is 11.8 Å². The lowest BCUT2D eigenvalue weighted by atomic mass is 10.2. The number of nitrogens with one attached hydrogen (secondary N) is 2. The number of thiophene rings is 1. The molecule has 0 fully saturated rings. The second kappa shape index (κ2) is 4.31. The van der Waals surface area contributed by atoms with Gasteiger partial charge in [0.15, 0.2) is 0 Å². The van der Waals surface area contributed by atoms with Gasteiger partial charge in [-0.3, -0.25) is 0 Å². The van der Waals surface area contributed by atoms with E-state index in [0.29, 0.717) is 17.9 Å². The highest BCUT2D eigenvalue weighted by Crippen LogP contribution is 2.12. The van der Waals surface area contributed by atoms with E-state index in [2.05, 4.69) is 44.9 Å². The van der Waals surface area contributed by atoms with E-state index in [0.717, 1.165) is 6.42 Å². The van der Waals surface area contributed by atoms with Gasteiger partial charge < -0.3 is 11.1 Å². The zero-order chi connectivity index (χ0) is 10.7. The summed E-state index contributed by atoms with van der Waals surface area (Å²) in [5, 5.41) is 11.8.